The maximum atomic E-state index is 6.42. The molecule has 5 heteroatoms. The van der Waals surface area contributed by atoms with Gasteiger partial charge < -0.3 is 20.1 Å². The molecule has 2 N–H and O–H groups in total. The summed E-state index contributed by atoms with van der Waals surface area (Å²) in [7, 11) is 3.33. The van der Waals surface area contributed by atoms with Crippen molar-refractivity contribution in [1.82, 2.24) is 0 Å². The average molecular weight is 363 g/mol. The zero-order valence-corrected chi connectivity index (χ0v) is 15.9. The van der Waals surface area contributed by atoms with Crippen LogP contribution in [0, 0.1) is 6.92 Å². The first-order valence-electron chi connectivity index (χ1n) is 8.41. The highest BCUT2D eigenvalue weighted by molar-refractivity contribution is 5.85. The van der Waals surface area contributed by atoms with Gasteiger partial charge in [-0.2, -0.15) is 0 Å². The standard InChI is InChI=1S/C20H26N2O2.ClH/c1-14-4-6-15(7-5-14)17-13-22(11-10-18(17)21)16-8-9-19(23-2)20(12-16)24-3;/h4-9,12,17-18H,10-11,13,21H2,1-3H3;1H/t17-,18-;/m1./s1. The molecule has 0 saturated carbocycles. The molecule has 25 heavy (non-hydrogen) atoms. The second-order valence-corrected chi connectivity index (χ2v) is 6.46. The Hall–Kier alpha value is -1.91. The van der Waals surface area contributed by atoms with Crippen molar-refractivity contribution in [2.75, 3.05) is 32.2 Å². The molecule has 0 aliphatic carbocycles. The minimum absolute atomic E-state index is 0. The Kier molecular flexibility index (Phi) is 6.57. The monoisotopic (exact) mass is 362 g/mol. The number of nitrogens with zero attached hydrogens (tertiary/aromatic N) is 1. The number of anilines is 1. The summed E-state index contributed by atoms with van der Waals surface area (Å²) in [5, 5.41) is 0. The van der Waals surface area contributed by atoms with Gasteiger partial charge in [0.15, 0.2) is 11.5 Å². The van der Waals surface area contributed by atoms with Crippen LogP contribution in [0.5, 0.6) is 11.5 Å². The summed E-state index contributed by atoms with van der Waals surface area (Å²) in [6.07, 6.45) is 0.979. The summed E-state index contributed by atoms with van der Waals surface area (Å²) >= 11 is 0. The number of halogens is 1. The SMILES string of the molecule is COc1ccc(N2CC[C@@H](N)[C@@H](c3ccc(C)cc3)C2)cc1OC.Cl. The predicted octanol–water partition coefficient (Wildman–Crippen LogP) is 3.76. The lowest BCUT2D eigenvalue weighted by Crippen LogP contribution is -2.45. The molecule has 2 aromatic rings. The molecule has 2 aromatic carbocycles. The summed E-state index contributed by atoms with van der Waals surface area (Å²) < 4.78 is 10.8. The highest BCUT2D eigenvalue weighted by Gasteiger charge is 2.28. The molecule has 3 rings (SSSR count). The van der Waals surface area contributed by atoms with Gasteiger partial charge in [0.25, 0.3) is 0 Å². The topological polar surface area (TPSA) is 47.7 Å². The smallest absolute Gasteiger partial charge is 0.162 e. The zero-order chi connectivity index (χ0) is 17.1. The Morgan fingerprint density at radius 1 is 1.00 bits per heavy atom. The number of ether oxygens (including phenoxy) is 2. The van der Waals surface area contributed by atoms with Crippen LogP contribution in [-0.4, -0.2) is 33.4 Å². The first-order chi connectivity index (χ1) is 11.6. The number of piperidine rings is 1. The molecule has 4 nitrogen and oxygen atoms in total. The number of benzene rings is 2. The average Bonchev–Trinajstić information content (AvgIpc) is 2.62. The molecule has 1 heterocycles. The van der Waals surface area contributed by atoms with Gasteiger partial charge >= 0.3 is 0 Å². The number of aryl methyl sites for hydroxylation is 1. The van der Waals surface area contributed by atoms with Crippen LogP contribution in [0.3, 0.4) is 0 Å². The minimum Gasteiger partial charge on any atom is -0.493 e. The van der Waals surface area contributed by atoms with Crippen molar-refractivity contribution < 1.29 is 9.47 Å². The largest absolute Gasteiger partial charge is 0.493 e. The van der Waals surface area contributed by atoms with Gasteiger partial charge in [0.05, 0.1) is 14.2 Å². The van der Waals surface area contributed by atoms with E-state index in [1.807, 2.05) is 12.1 Å². The molecule has 0 spiro atoms. The zero-order valence-electron chi connectivity index (χ0n) is 15.1. The van der Waals surface area contributed by atoms with E-state index in [-0.39, 0.29) is 18.4 Å². The molecule has 1 aliphatic rings. The number of methoxy groups -OCH3 is 2. The molecule has 0 aromatic heterocycles. The molecule has 136 valence electrons. The van der Waals surface area contributed by atoms with Gasteiger partial charge in [-0.05, 0) is 31.0 Å². The third-order valence-corrected chi connectivity index (χ3v) is 4.90. The summed E-state index contributed by atoms with van der Waals surface area (Å²) in [4.78, 5) is 2.38. The van der Waals surface area contributed by atoms with Crippen LogP contribution < -0.4 is 20.1 Å². The van der Waals surface area contributed by atoms with Gasteiger partial charge in [-0.15, -0.1) is 12.4 Å². The predicted molar refractivity (Wildman–Crippen MR) is 106 cm³/mol. The van der Waals surface area contributed by atoms with Crippen LogP contribution in [0.25, 0.3) is 0 Å². The van der Waals surface area contributed by atoms with Gasteiger partial charge in [-0.1, -0.05) is 29.8 Å². The number of hydrogen-bond donors (Lipinski definition) is 1. The van der Waals surface area contributed by atoms with E-state index >= 15 is 0 Å². The fraction of sp³-hybridized carbons (Fsp3) is 0.400. The fourth-order valence-corrected chi connectivity index (χ4v) is 3.39. The quantitative estimate of drug-likeness (QED) is 0.899. The molecule has 0 radical (unpaired) electrons. The van der Waals surface area contributed by atoms with Crippen LogP contribution in [0.4, 0.5) is 5.69 Å². The van der Waals surface area contributed by atoms with Crippen molar-refractivity contribution in [3.05, 3.63) is 53.6 Å². The van der Waals surface area contributed by atoms with E-state index in [0.717, 1.165) is 36.7 Å². The highest BCUT2D eigenvalue weighted by Crippen LogP contribution is 2.35. The van der Waals surface area contributed by atoms with E-state index in [9.17, 15) is 0 Å². The van der Waals surface area contributed by atoms with Crippen molar-refractivity contribution in [3.8, 4) is 11.5 Å². The Bertz CT molecular complexity index is 691. The summed E-state index contributed by atoms with van der Waals surface area (Å²) in [5.41, 5.74) is 10.2. The van der Waals surface area contributed by atoms with Crippen molar-refractivity contribution >= 4 is 18.1 Å². The first kappa shape index (κ1) is 19.4. The maximum absolute atomic E-state index is 6.42. The number of rotatable bonds is 4. The van der Waals surface area contributed by atoms with E-state index in [2.05, 4.69) is 42.2 Å². The van der Waals surface area contributed by atoms with Gasteiger partial charge in [0.1, 0.15) is 0 Å². The second kappa shape index (κ2) is 8.45. The summed E-state index contributed by atoms with van der Waals surface area (Å²) in [6, 6.07) is 15.0. The molecule has 2 atom stereocenters. The lowest BCUT2D eigenvalue weighted by Gasteiger charge is -2.38. The van der Waals surface area contributed by atoms with Gasteiger partial charge in [-0.25, -0.2) is 0 Å². The number of hydrogen-bond acceptors (Lipinski definition) is 4. The fourth-order valence-electron chi connectivity index (χ4n) is 3.39. The lowest BCUT2D eigenvalue weighted by molar-refractivity contribution is 0.354. The van der Waals surface area contributed by atoms with E-state index < -0.39 is 0 Å². The van der Waals surface area contributed by atoms with Crippen LogP contribution in [0.1, 0.15) is 23.5 Å². The van der Waals surface area contributed by atoms with E-state index in [1.165, 1.54) is 11.1 Å². The van der Waals surface area contributed by atoms with Crippen molar-refractivity contribution in [3.63, 3.8) is 0 Å². The molecule has 1 aliphatic heterocycles. The first-order valence-corrected chi connectivity index (χ1v) is 8.41. The minimum atomic E-state index is 0. The Balaban J connectivity index is 0.00000225. The van der Waals surface area contributed by atoms with Gasteiger partial charge in [0, 0.05) is 36.8 Å². The molecular weight excluding hydrogens is 336 g/mol. The van der Waals surface area contributed by atoms with Gasteiger partial charge in [0.2, 0.25) is 0 Å². The number of nitrogens with two attached hydrogens (primary N) is 1. The maximum Gasteiger partial charge on any atom is 0.162 e. The molecule has 1 saturated heterocycles. The van der Waals surface area contributed by atoms with Crippen molar-refractivity contribution in [1.29, 1.82) is 0 Å². The van der Waals surface area contributed by atoms with E-state index in [4.69, 9.17) is 15.2 Å². The Labute approximate surface area is 156 Å². The van der Waals surface area contributed by atoms with Crippen LogP contribution in [0.15, 0.2) is 42.5 Å². The highest BCUT2D eigenvalue weighted by atomic mass is 35.5. The van der Waals surface area contributed by atoms with Crippen molar-refractivity contribution in [2.24, 2.45) is 5.73 Å². The third kappa shape index (κ3) is 4.20. The molecule has 0 bridgehead atoms. The second-order valence-electron chi connectivity index (χ2n) is 6.46. The Morgan fingerprint density at radius 3 is 2.32 bits per heavy atom. The Morgan fingerprint density at radius 2 is 1.68 bits per heavy atom. The van der Waals surface area contributed by atoms with Crippen LogP contribution in [0.2, 0.25) is 0 Å². The van der Waals surface area contributed by atoms with E-state index in [1.54, 1.807) is 14.2 Å². The van der Waals surface area contributed by atoms with Crippen LogP contribution in [-0.2, 0) is 0 Å². The van der Waals surface area contributed by atoms with Gasteiger partial charge in [-0.3, -0.25) is 0 Å². The van der Waals surface area contributed by atoms with Crippen molar-refractivity contribution in [2.45, 2.75) is 25.3 Å². The third-order valence-electron chi connectivity index (χ3n) is 4.90. The normalized spacial score (nSPS) is 19.9. The summed E-state index contributed by atoms with van der Waals surface area (Å²) in [5.74, 6) is 1.86. The summed E-state index contributed by atoms with van der Waals surface area (Å²) in [6.45, 7) is 3.99. The molecular formula is C20H27ClN2O2. The molecule has 0 unspecified atom stereocenters. The van der Waals surface area contributed by atoms with Crippen LogP contribution >= 0.6 is 12.4 Å². The molecule has 1 fully saturated rings. The molecule has 0 amide bonds. The van der Waals surface area contributed by atoms with E-state index in [0.29, 0.717) is 5.92 Å². The lowest BCUT2D eigenvalue weighted by atomic mass is 9.86.